The van der Waals surface area contributed by atoms with Gasteiger partial charge in [0.25, 0.3) is 0 Å². The number of carbonyl (C=O) groups excluding carboxylic acids is 1. The molecule has 1 aliphatic rings. The molecule has 104 valence electrons. The number of nitrogens with zero attached hydrogens (tertiary/aromatic N) is 3. The maximum absolute atomic E-state index is 11.6. The molecule has 1 aromatic rings. The van der Waals surface area contributed by atoms with E-state index in [1.165, 1.54) is 0 Å². The number of likely N-dealkylation sites (N-methyl/N-ethyl adjacent to an activating group) is 1. The number of hydrogen-bond donors (Lipinski definition) is 0. The Morgan fingerprint density at radius 3 is 2.84 bits per heavy atom. The fourth-order valence-electron chi connectivity index (χ4n) is 2.66. The normalized spacial score (nSPS) is 21.2. The molecule has 0 aliphatic carbocycles. The van der Waals surface area contributed by atoms with Crippen LogP contribution in [0.4, 0.5) is 5.69 Å². The Labute approximate surface area is 115 Å². The molecule has 0 bridgehead atoms. The van der Waals surface area contributed by atoms with E-state index in [0.717, 1.165) is 31.7 Å². The van der Waals surface area contributed by atoms with Crippen LogP contribution >= 0.6 is 0 Å². The monoisotopic (exact) mass is 261 g/mol. The molecule has 0 amide bonds. The van der Waals surface area contributed by atoms with E-state index in [1.807, 2.05) is 25.3 Å². The minimum Gasteiger partial charge on any atom is -0.366 e. The zero-order chi connectivity index (χ0) is 13.8. The van der Waals surface area contributed by atoms with Crippen LogP contribution in [0.1, 0.15) is 37.2 Å². The highest BCUT2D eigenvalue weighted by molar-refractivity contribution is 5.94. The number of ketones is 1. The van der Waals surface area contributed by atoms with E-state index >= 15 is 0 Å². The molecule has 4 nitrogen and oxygen atoms in total. The van der Waals surface area contributed by atoms with Crippen molar-refractivity contribution in [1.29, 1.82) is 0 Å². The van der Waals surface area contributed by atoms with E-state index in [-0.39, 0.29) is 5.78 Å². The maximum Gasteiger partial charge on any atom is 0.180 e. The van der Waals surface area contributed by atoms with Crippen LogP contribution < -0.4 is 4.90 Å². The van der Waals surface area contributed by atoms with Crippen LogP contribution in [0.15, 0.2) is 18.3 Å². The Bertz CT molecular complexity index is 430. The zero-order valence-corrected chi connectivity index (χ0v) is 12.1. The highest BCUT2D eigenvalue weighted by atomic mass is 16.1. The average molecular weight is 261 g/mol. The van der Waals surface area contributed by atoms with Gasteiger partial charge in [0.1, 0.15) is 5.69 Å². The summed E-state index contributed by atoms with van der Waals surface area (Å²) < 4.78 is 0. The molecule has 0 aromatic carbocycles. The minimum absolute atomic E-state index is 0.107. The van der Waals surface area contributed by atoms with E-state index in [9.17, 15) is 4.79 Å². The molecule has 2 heterocycles. The summed E-state index contributed by atoms with van der Waals surface area (Å²) in [7, 11) is 2.17. The molecule has 1 fully saturated rings. The van der Waals surface area contributed by atoms with Crippen molar-refractivity contribution < 1.29 is 4.79 Å². The number of pyridine rings is 1. The highest BCUT2D eigenvalue weighted by Crippen LogP contribution is 2.19. The van der Waals surface area contributed by atoms with Gasteiger partial charge in [0.2, 0.25) is 0 Å². The van der Waals surface area contributed by atoms with Gasteiger partial charge in [-0.1, -0.05) is 6.92 Å². The van der Waals surface area contributed by atoms with Crippen LogP contribution in [0.2, 0.25) is 0 Å². The van der Waals surface area contributed by atoms with Crippen molar-refractivity contribution in [2.45, 2.75) is 32.7 Å². The number of Topliss-reactive ketones (excluding diaryl/α,β-unsaturated/α-hetero) is 1. The lowest BCUT2D eigenvalue weighted by molar-refractivity contribution is 0.0983. The molecule has 1 unspecified atom stereocenters. The molecule has 0 N–H and O–H groups in total. The third-order valence-corrected chi connectivity index (χ3v) is 3.73. The summed E-state index contributed by atoms with van der Waals surface area (Å²) in [6.45, 7) is 7.36. The molecule has 0 radical (unpaired) electrons. The van der Waals surface area contributed by atoms with E-state index < -0.39 is 0 Å². The first kappa shape index (κ1) is 14.0. The molecule has 1 atom stereocenters. The van der Waals surface area contributed by atoms with Gasteiger partial charge in [-0.3, -0.25) is 9.78 Å². The molecular formula is C15H23N3O. The van der Waals surface area contributed by atoms with Gasteiger partial charge in [-0.25, -0.2) is 0 Å². The molecule has 1 saturated heterocycles. The van der Waals surface area contributed by atoms with Crippen LogP contribution in [0.3, 0.4) is 0 Å². The molecule has 4 heteroatoms. The summed E-state index contributed by atoms with van der Waals surface area (Å²) in [6, 6.07) is 4.35. The van der Waals surface area contributed by atoms with Crippen molar-refractivity contribution in [3.8, 4) is 0 Å². The minimum atomic E-state index is 0.107. The molecule has 1 aliphatic heterocycles. The summed E-state index contributed by atoms with van der Waals surface area (Å²) >= 11 is 0. The van der Waals surface area contributed by atoms with Gasteiger partial charge in [-0.15, -0.1) is 0 Å². The second-order valence-corrected chi connectivity index (χ2v) is 5.34. The quantitative estimate of drug-likeness (QED) is 0.782. The third-order valence-electron chi connectivity index (χ3n) is 3.73. The van der Waals surface area contributed by atoms with Gasteiger partial charge in [-0.05, 0) is 39.1 Å². The summed E-state index contributed by atoms with van der Waals surface area (Å²) in [5.41, 5.74) is 1.70. The highest BCUT2D eigenvalue weighted by Gasteiger charge is 2.20. The Kier molecular flexibility index (Phi) is 4.53. The fraction of sp³-hybridized carbons (Fsp3) is 0.600. The number of anilines is 1. The number of carbonyl (C=O) groups is 1. The number of hydrogen-bond acceptors (Lipinski definition) is 4. The topological polar surface area (TPSA) is 36.4 Å². The Morgan fingerprint density at radius 2 is 2.21 bits per heavy atom. The third kappa shape index (κ3) is 3.32. The van der Waals surface area contributed by atoms with Gasteiger partial charge in [-0.2, -0.15) is 0 Å². The standard InChI is InChI=1S/C15H23N3O/c1-4-15(19)14-7-6-13(10-16-14)18-9-5-8-17(3)11-12(18)2/h6-7,10,12H,4-5,8-9,11H2,1-3H3. The maximum atomic E-state index is 11.6. The van der Waals surface area contributed by atoms with Gasteiger partial charge < -0.3 is 9.80 Å². The van der Waals surface area contributed by atoms with Gasteiger partial charge >= 0.3 is 0 Å². The van der Waals surface area contributed by atoms with Crippen molar-refractivity contribution >= 4 is 11.5 Å². The SMILES string of the molecule is CCC(=O)c1ccc(N2CCCN(C)CC2C)cn1. The first-order valence-electron chi connectivity index (χ1n) is 7.06. The largest absolute Gasteiger partial charge is 0.366 e. The molecule has 2 rings (SSSR count). The molecular weight excluding hydrogens is 238 g/mol. The van der Waals surface area contributed by atoms with E-state index in [2.05, 4.69) is 28.8 Å². The van der Waals surface area contributed by atoms with Crippen LogP contribution in [-0.4, -0.2) is 48.4 Å². The summed E-state index contributed by atoms with van der Waals surface area (Å²) in [4.78, 5) is 20.6. The molecule has 0 spiro atoms. The van der Waals surface area contributed by atoms with Gasteiger partial charge in [0.15, 0.2) is 5.78 Å². The first-order chi connectivity index (χ1) is 9.11. The Morgan fingerprint density at radius 1 is 1.42 bits per heavy atom. The summed E-state index contributed by atoms with van der Waals surface area (Å²) in [6.07, 6.45) is 3.51. The van der Waals surface area contributed by atoms with Crippen molar-refractivity contribution in [3.05, 3.63) is 24.0 Å². The lowest BCUT2D eigenvalue weighted by Gasteiger charge is -2.29. The van der Waals surface area contributed by atoms with Crippen molar-refractivity contribution in [3.63, 3.8) is 0 Å². The van der Waals surface area contributed by atoms with Gasteiger partial charge in [0, 0.05) is 25.6 Å². The van der Waals surface area contributed by atoms with E-state index in [1.54, 1.807) is 0 Å². The molecule has 0 saturated carbocycles. The van der Waals surface area contributed by atoms with E-state index in [0.29, 0.717) is 18.2 Å². The zero-order valence-electron chi connectivity index (χ0n) is 12.1. The lowest BCUT2D eigenvalue weighted by atomic mass is 10.2. The Balaban J connectivity index is 2.14. The van der Waals surface area contributed by atoms with Crippen LogP contribution in [0.5, 0.6) is 0 Å². The smallest absolute Gasteiger partial charge is 0.180 e. The van der Waals surface area contributed by atoms with Crippen molar-refractivity contribution in [2.24, 2.45) is 0 Å². The van der Waals surface area contributed by atoms with Crippen molar-refractivity contribution in [2.75, 3.05) is 31.6 Å². The molecule has 1 aromatic heterocycles. The predicted molar refractivity (Wildman–Crippen MR) is 77.8 cm³/mol. The summed E-state index contributed by atoms with van der Waals surface area (Å²) in [5, 5.41) is 0. The Hall–Kier alpha value is -1.42. The summed E-state index contributed by atoms with van der Waals surface area (Å²) in [5.74, 6) is 0.107. The number of rotatable bonds is 3. The van der Waals surface area contributed by atoms with Crippen LogP contribution in [0.25, 0.3) is 0 Å². The lowest BCUT2D eigenvalue weighted by Crippen LogP contribution is -2.38. The first-order valence-corrected chi connectivity index (χ1v) is 7.06. The van der Waals surface area contributed by atoms with Gasteiger partial charge in [0.05, 0.1) is 11.9 Å². The molecule has 19 heavy (non-hydrogen) atoms. The van der Waals surface area contributed by atoms with Crippen LogP contribution in [0, 0.1) is 0 Å². The second kappa shape index (κ2) is 6.15. The average Bonchev–Trinajstić information content (AvgIpc) is 2.58. The van der Waals surface area contributed by atoms with Crippen LogP contribution in [-0.2, 0) is 0 Å². The fourth-order valence-corrected chi connectivity index (χ4v) is 2.66. The predicted octanol–water partition coefficient (Wildman–Crippen LogP) is 2.20. The van der Waals surface area contributed by atoms with Crippen molar-refractivity contribution in [1.82, 2.24) is 9.88 Å². The number of aromatic nitrogens is 1. The second-order valence-electron chi connectivity index (χ2n) is 5.34. The van der Waals surface area contributed by atoms with E-state index in [4.69, 9.17) is 0 Å².